The summed E-state index contributed by atoms with van der Waals surface area (Å²) in [5.74, 6) is 0.686. The highest BCUT2D eigenvalue weighted by Gasteiger charge is 2.26. The molecule has 1 fully saturated rings. The fourth-order valence-electron chi connectivity index (χ4n) is 3.38. The van der Waals surface area contributed by atoms with Gasteiger partial charge in [0.15, 0.2) is 4.96 Å². The zero-order valence-electron chi connectivity index (χ0n) is 15.9. The maximum absolute atomic E-state index is 11.8. The average Bonchev–Trinajstić information content (AvgIpc) is 3.44. The van der Waals surface area contributed by atoms with Crippen LogP contribution in [0.15, 0.2) is 48.1 Å². The van der Waals surface area contributed by atoms with Crippen molar-refractivity contribution in [1.82, 2.24) is 28.4 Å². The summed E-state index contributed by atoms with van der Waals surface area (Å²) in [5.41, 5.74) is 3.13. The molecule has 1 aromatic carbocycles. The van der Waals surface area contributed by atoms with Gasteiger partial charge in [-0.2, -0.15) is 0 Å². The molecule has 0 amide bonds. The van der Waals surface area contributed by atoms with Crippen LogP contribution in [0.1, 0.15) is 0 Å². The molecule has 4 heterocycles. The maximum Gasteiger partial charge on any atom is 0.223 e. The Morgan fingerprint density at radius 2 is 2.23 bits per heavy atom. The SMILES string of the molecule is [O-][S+]1NCCN1CCNc1nccc(-c2c(-c3cccc(O)c3)nc3sccn23)n1. The van der Waals surface area contributed by atoms with Crippen LogP contribution in [-0.4, -0.2) is 59.5 Å². The van der Waals surface area contributed by atoms with Crippen molar-refractivity contribution < 1.29 is 9.66 Å². The summed E-state index contributed by atoms with van der Waals surface area (Å²) >= 11 is 0.425. The van der Waals surface area contributed by atoms with Crippen LogP contribution in [0.5, 0.6) is 5.75 Å². The lowest BCUT2D eigenvalue weighted by atomic mass is 10.1. The number of fused-ring (bicyclic) bond motifs is 1. The summed E-state index contributed by atoms with van der Waals surface area (Å²) in [7, 11) is 0. The molecule has 1 unspecified atom stereocenters. The Morgan fingerprint density at radius 1 is 1.30 bits per heavy atom. The predicted molar refractivity (Wildman–Crippen MR) is 117 cm³/mol. The molecule has 5 rings (SSSR count). The summed E-state index contributed by atoms with van der Waals surface area (Å²) in [5, 5.41) is 15.1. The number of benzene rings is 1. The molecule has 9 nitrogen and oxygen atoms in total. The van der Waals surface area contributed by atoms with E-state index in [9.17, 15) is 9.66 Å². The van der Waals surface area contributed by atoms with E-state index in [1.807, 2.05) is 32.4 Å². The fraction of sp³-hybridized carbons (Fsp3) is 0.211. The van der Waals surface area contributed by atoms with Crippen molar-refractivity contribution in [3.63, 3.8) is 0 Å². The fourth-order valence-corrected chi connectivity index (χ4v) is 5.06. The molecule has 3 aromatic heterocycles. The first-order valence-electron chi connectivity index (χ1n) is 9.41. The van der Waals surface area contributed by atoms with Gasteiger partial charge < -0.3 is 15.0 Å². The Balaban J connectivity index is 1.45. The van der Waals surface area contributed by atoms with Gasteiger partial charge in [0.25, 0.3) is 0 Å². The second-order valence-electron chi connectivity index (χ2n) is 6.68. The molecule has 11 heteroatoms. The van der Waals surface area contributed by atoms with E-state index in [-0.39, 0.29) is 5.75 Å². The Kier molecular flexibility index (Phi) is 5.27. The largest absolute Gasteiger partial charge is 0.579 e. The molecule has 0 radical (unpaired) electrons. The van der Waals surface area contributed by atoms with E-state index in [1.54, 1.807) is 24.4 Å². The van der Waals surface area contributed by atoms with Gasteiger partial charge in [-0.25, -0.2) is 15.0 Å². The van der Waals surface area contributed by atoms with Crippen LogP contribution in [0.4, 0.5) is 5.95 Å². The monoisotopic (exact) mass is 441 g/mol. The summed E-state index contributed by atoms with van der Waals surface area (Å²) < 4.78 is 18.5. The number of nitrogens with zero attached hydrogens (tertiary/aromatic N) is 5. The highest BCUT2D eigenvalue weighted by Crippen LogP contribution is 2.34. The van der Waals surface area contributed by atoms with Crippen molar-refractivity contribution in [2.45, 2.75) is 0 Å². The quantitative estimate of drug-likeness (QED) is 0.390. The first-order valence-corrected chi connectivity index (χ1v) is 11.4. The topological polar surface area (TPSA) is 114 Å². The number of hydrogen-bond donors (Lipinski definition) is 3. The first-order chi connectivity index (χ1) is 14.7. The van der Waals surface area contributed by atoms with Crippen LogP contribution >= 0.6 is 11.3 Å². The summed E-state index contributed by atoms with van der Waals surface area (Å²) in [6, 6.07) is 8.89. The van der Waals surface area contributed by atoms with E-state index in [0.717, 1.165) is 40.7 Å². The molecule has 1 aliphatic heterocycles. The molecule has 1 aliphatic rings. The third-order valence-corrected chi connectivity index (χ3v) is 6.79. The molecular weight excluding hydrogens is 422 g/mol. The summed E-state index contributed by atoms with van der Waals surface area (Å²) in [6.45, 7) is 2.70. The molecule has 0 spiro atoms. The number of aromatic hydroxyl groups is 1. The lowest BCUT2D eigenvalue weighted by Gasteiger charge is -2.14. The Morgan fingerprint density at radius 3 is 3.07 bits per heavy atom. The smallest absolute Gasteiger partial charge is 0.223 e. The molecular formula is C19H19N7O2S2. The van der Waals surface area contributed by atoms with E-state index in [0.29, 0.717) is 19.0 Å². The highest BCUT2D eigenvalue weighted by atomic mass is 32.2. The molecule has 1 atom stereocenters. The normalized spacial score (nSPS) is 17.0. The van der Waals surface area contributed by atoms with E-state index in [4.69, 9.17) is 4.98 Å². The van der Waals surface area contributed by atoms with Crippen LogP contribution in [0.25, 0.3) is 27.6 Å². The lowest BCUT2D eigenvalue weighted by molar-refractivity contribution is 0.461. The van der Waals surface area contributed by atoms with Crippen molar-refractivity contribution in [1.29, 1.82) is 0 Å². The molecule has 154 valence electrons. The molecule has 0 bridgehead atoms. The van der Waals surface area contributed by atoms with Crippen LogP contribution in [0, 0.1) is 0 Å². The highest BCUT2D eigenvalue weighted by molar-refractivity contribution is 7.87. The Labute approximate surface area is 179 Å². The maximum atomic E-state index is 11.8. The van der Waals surface area contributed by atoms with E-state index in [1.165, 1.54) is 11.3 Å². The minimum Gasteiger partial charge on any atom is -0.579 e. The van der Waals surface area contributed by atoms with Gasteiger partial charge in [-0.05, 0) is 18.2 Å². The van der Waals surface area contributed by atoms with Gasteiger partial charge in [0.05, 0.1) is 31.0 Å². The number of aromatic nitrogens is 4. The van der Waals surface area contributed by atoms with Crippen molar-refractivity contribution in [2.75, 3.05) is 31.5 Å². The average molecular weight is 442 g/mol. The van der Waals surface area contributed by atoms with Crippen molar-refractivity contribution in [3.05, 3.63) is 48.1 Å². The van der Waals surface area contributed by atoms with Gasteiger partial charge in [0.1, 0.15) is 23.0 Å². The second kappa shape index (κ2) is 8.20. The van der Waals surface area contributed by atoms with Crippen LogP contribution in [0.2, 0.25) is 0 Å². The number of anilines is 1. The number of thiazole rings is 1. The van der Waals surface area contributed by atoms with Gasteiger partial charge in [0.2, 0.25) is 5.95 Å². The van der Waals surface area contributed by atoms with E-state index >= 15 is 0 Å². The molecule has 30 heavy (non-hydrogen) atoms. The van der Waals surface area contributed by atoms with Crippen molar-refractivity contribution in [2.24, 2.45) is 0 Å². The third-order valence-electron chi connectivity index (χ3n) is 4.75. The number of imidazole rings is 1. The lowest BCUT2D eigenvalue weighted by Crippen LogP contribution is -2.33. The van der Waals surface area contributed by atoms with E-state index < -0.39 is 11.5 Å². The zero-order valence-corrected chi connectivity index (χ0v) is 17.5. The van der Waals surface area contributed by atoms with Gasteiger partial charge in [0, 0.05) is 29.9 Å². The first kappa shape index (κ1) is 19.3. The van der Waals surface area contributed by atoms with E-state index in [2.05, 4.69) is 20.0 Å². The molecule has 0 saturated carbocycles. The number of phenolic OH excluding ortho intramolecular Hbond substituents is 1. The van der Waals surface area contributed by atoms with Crippen LogP contribution < -0.4 is 10.0 Å². The van der Waals surface area contributed by atoms with Crippen molar-refractivity contribution in [3.8, 4) is 28.4 Å². The number of rotatable bonds is 6. The minimum atomic E-state index is -1.11. The molecule has 1 saturated heterocycles. The van der Waals surface area contributed by atoms with Gasteiger partial charge in [-0.3, -0.25) is 4.40 Å². The Hall–Kier alpha value is -2.70. The number of phenols is 1. The molecule has 0 aliphatic carbocycles. The summed E-state index contributed by atoms with van der Waals surface area (Å²) in [4.78, 5) is 14.6. The second-order valence-corrected chi connectivity index (χ2v) is 8.86. The zero-order chi connectivity index (χ0) is 20.5. The van der Waals surface area contributed by atoms with Gasteiger partial charge in [-0.15, -0.1) is 20.4 Å². The van der Waals surface area contributed by atoms with Crippen LogP contribution in [0.3, 0.4) is 0 Å². The predicted octanol–water partition coefficient (Wildman–Crippen LogP) is 2.12. The van der Waals surface area contributed by atoms with Gasteiger partial charge in [-0.1, -0.05) is 12.1 Å². The minimum absolute atomic E-state index is 0.189. The third kappa shape index (κ3) is 3.73. The summed E-state index contributed by atoms with van der Waals surface area (Å²) in [6.07, 6.45) is 3.66. The molecule has 3 N–H and O–H groups in total. The van der Waals surface area contributed by atoms with Crippen LogP contribution in [-0.2, 0) is 11.5 Å². The Bertz CT molecular complexity index is 1180. The molecule has 4 aromatic rings. The van der Waals surface area contributed by atoms with Crippen molar-refractivity contribution >= 4 is 33.8 Å². The van der Waals surface area contributed by atoms with Gasteiger partial charge >= 0.3 is 0 Å². The number of nitrogens with one attached hydrogen (secondary N) is 2. The standard InChI is InChI=1S/C19H19N7O2S2/c27-14-3-1-2-13(12-14)16-17(26-10-11-29-19(26)24-16)15-4-5-20-18(23-15)21-6-8-25-9-7-22-30(25)28/h1-5,10-12,22,27H,6-9H2,(H,20,21,23). The number of hydrogen-bond acceptors (Lipinski definition) is 9.